The van der Waals surface area contributed by atoms with Gasteiger partial charge in [-0.05, 0) is 49.4 Å². The summed E-state index contributed by atoms with van der Waals surface area (Å²) in [6.07, 6.45) is 0. The van der Waals surface area contributed by atoms with Crippen LogP contribution in [0.15, 0.2) is 42.5 Å². The molecule has 0 fully saturated rings. The van der Waals surface area contributed by atoms with Crippen LogP contribution in [0.4, 0.5) is 10.1 Å². The zero-order valence-electron chi connectivity index (χ0n) is 12.8. The van der Waals surface area contributed by atoms with Crippen LogP contribution in [-0.2, 0) is 9.53 Å². The number of hydrogen-bond acceptors (Lipinski definition) is 4. The van der Waals surface area contributed by atoms with Crippen molar-refractivity contribution in [3.05, 3.63) is 58.9 Å². The monoisotopic (exact) mass is 351 g/mol. The number of rotatable bonds is 6. The van der Waals surface area contributed by atoms with E-state index in [0.717, 1.165) is 12.1 Å². The Labute approximate surface area is 143 Å². The highest BCUT2D eigenvalue weighted by atomic mass is 35.5. The van der Waals surface area contributed by atoms with E-state index < -0.39 is 24.3 Å². The second-order valence-corrected chi connectivity index (χ2v) is 5.11. The number of esters is 1. The van der Waals surface area contributed by atoms with Crippen LogP contribution < -0.4 is 10.1 Å². The summed E-state index contributed by atoms with van der Waals surface area (Å²) in [5.41, 5.74) is 0.534. The lowest BCUT2D eigenvalue weighted by molar-refractivity contribution is -0.119. The molecule has 0 aliphatic rings. The Morgan fingerprint density at radius 2 is 1.88 bits per heavy atom. The number of hydrogen-bond donors (Lipinski definition) is 1. The minimum absolute atomic E-state index is 0.00747. The van der Waals surface area contributed by atoms with Gasteiger partial charge in [-0.25, -0.2) is 9.18 Å². The molecule has 0 saturated heterocycles. The number of ether oxygens (including phenoxy) is 2. The molecule has 126 valence electrons. The highest BCUT2D eigenvalue weighted by Gasteiger charge is 2.14. The first-order chi connectivity index (χ1) is 11.5. The van der Waals surface area contributed by atoms with Crippen molar-refractivity contribution in [1.82, 2.24) is 0 Å². The highest BCUT2D eigenvalue weighted by molar-refractivity contribution is 6.33. The van der Waals surface area contributed by atoms with Crippen molar-refractivity contribution >= 4 is 29.2 Å². The number of amides is 1. The third-order valence-electron chi connectivity index (χ3n) is 2.93. The van der Waals surface area contributed by atoms with E-state index in [2.05, 4.69) is 5.32 Å². The predicted octanol–water partition coefficient (Wildman–Crippen LogP) is 3.67. The van der Waals surface area contributed by atoms with E-state index in [1.165, 1.54) is 6.07 Å². The van der Waals surface area contributed by atoms with Gasteiger partial charge >= 0.3 is 5.97 Å². The molecular formula is C17H15ClFNO4. The Balaban J connectivity index is 1.87. The molecule has 7 heteroatoms. The summed E-state index contributed by atoms with van der Waals surface area (Å²) in [7, 11) is 0. The minimum Gasteiger partial charge on any atom is -0.494 e. The molecule has 0 aromatic heterocycles. The van der Waals surface area contributed by atoms with E-state index in [-0.39, 0.29) is 10.6 Å². The Hall–Kier alpha value is -2.60. The average Bonchev–Trinajstić information content (AvgIpc) is 2.55. The van der Waals surface area contributed by atoms with Crippen LogP contribution in [0.5, 0.6) is 5.75 Å². The summed E-state index contributed by atoms with van der Waals surface area (Å²) in [6, 6.07) is 10.0. The molecule has 0 aliphatic heterocycles. The molecule has 0 heterocycles. The van der Waals surface area contributed by atoms with Gasteiger partial charge < -0.3 is 14.8 Å². The van der Waals surface area contributed by atoms with E-state index in [9.17, 15) is 14.0 Å². The van der Waals surface area contributed by atoms with E-state index in [1.807, 2.05) is 6.92 Å². The van der Waals surface area contributed by atoms with Crippen molar-refractivity contribution < 1.29 is 23.5 Å². The normalized spacial score (nSPS) is 10.1. The van der Waals surface area contributed by atoms with Crippen LogP contribution in [0.25, 0.3) is 0 Å². The number of nitrogens with one attached hydrogen (secondary N) is 1. The Morgan fingerprint density at radius 3 is 2.50 bits per heavy atom. The lowest BCUT2D eigenvalue weighted by Gasteiger charge is -2.08. The fourth-order valence-electron chi connectivity index (χ4n) is 1.86. The van der Waals surface area contributed by atoms with Crippen LogP contribution in [0.3, 0.4) is 0 Å². The lowest BCUT2D eigenvalue weighted by Crippen LogP contribution is -2.21. The number of carbonyl (C=O) groups excluding carboxylic acids is 2. The number of halogens is 2. The lowest BCUT2D eigenvalue weighted by atomic mass is 10.2. The van der Waals surface area contributed by atoms with Gasteiger partial charge in [0.25, 0.3) is 5.91 Å². The first-order valence-electron chi connectivity index (χ1n) is 7.14. The van der Waals surface area contributed by atoms with E-state index >= 15 is 0 Å². The van der Waals surface area contributed by atoms with Crippen molar-refractivity contribution in [2.24, 2.45) is 0 Å². The molecule has 1 amide bonds. The molecule has 2 rings (SSSR count). The van der Waals surface area contributed by atoms with Gasteiger partial charge in [0, 0.05) is 5.69 Å². The Morgan fingerprint density at radius 1 is 1.17 bits per heavy atom. The molecule has 5 nitrogen and oxygen atoms in total. The van der Waals surface area contributed by atoms with Gasteiger partial charge in [-0.3, -0.25) is 4.79 Å². The summed E-state index contributed by atoms with van der Waals surface area (Å²) in [4.78, 5) is 23.6. The molecule has 0 atom stereocenters. The second kappa shape index (κ2) is 8.31. The summed E-state index contributed by atoms with van der Waals surface area (Å²) in [5.74, 6) is -1.19. The van der Waals surface area contributed by atoms with Crippen molar-refractivity contribution in [3.63, 3.8) is 0 Å². The third kappa shape index (κ3) is 4.96. The van der Waals surface area contributed by atoms with Gasteiger partial charge in [0.05, 0.1) is 17.2 Å². The first kappa shape index (κ1) is 17.7. The van der Waals surface area contributed by atoms with Crippen LogP contribution in [0.1, 0.15) is 17.3 Å². The van der Waals surface area contributed by atoms with Crippen LogP contribution in [0, 0.1) is 5.82 Å². The smallest absolute Gasteiger partial charge is 0.340 e. The average molecular weight is 352 g/mol. The highest BCUT2D eigenvalue weighted by Crippen LogP contribution is 2.18. The van der Waals surface area contributed by atoms with E-state index in [4.69, 9.17) is 21.1 Å². The molecule has 0 unspecified atom stereocenters. The van der Waals surface area contributed by atoms with Crippen molar-refractivity contribution in [1.29, 1.82) is 0 Å². The molecule has 0 saturated carbocycles. The molecule has 0 radical (unpaired) electrons. The maximum absolute atomic E-state index is 12.9. The SMILES string of the molecule is CCOc1ccc(NC(=O)COC(=O)c2ccc(F)cc2Cl)cc1. The summed E-state index contributed by atoms with van der Waals surface area (Å²) < 4.78 is 23.1. The van der Waals surface area contributed by atoms with Crippen LogP contribution in [0.2, 0.25) is 5.02 Å². The molecule has 2 aromatic carbocycles. The molecule has 1 N–H and O–H groups in total. The molecule has 0 spiro atoms. The van der Waals surface area contributed by atoms with Gasteiger partial charge in [0.2, 0.25) is 0 Å². The van der Waals surface area contributed by atoms with E-state index in [1.54, 1.807) is 24.3 Å². The summed E-state index contributed by atoms with van der Waals surface area (Å²) in [5, 5.41) is 2.50. The summed E-state index contributed by atoms with van der Waals surface area (Å²) in [6.45, 7) is 1.94. The van der Waals surface area contributed by atoms with Crippen molar-refractivity contribution in [2.45, 2.75) is 6.92 Å². The van der Waals surface area contributed by atoms with Gasteiger partial charge in [-0.1, -0.05) is 11.6 Å². The maximum atomic E-state index is 12.9. The second-order valence-electron chi connectivity index (χ2n) is 4.71. The zero-order valence-corrected chi connectivity index (χ0v) is 13.6. The topological polar surface area (TPSA) is 64.6 Å². The van der Waals surface area contributed by atoms with Crippen molar-refractivity contribution in [2.75, 3.05) is 18.5 Å². The Kier molecular flexibility index (Phi) is 6.14. The van der Waals surface area contributed by atoms with Gasteiger partial charge in [0.15, 0.2) is 6.61 Å². The van der Waals surface area contributed by atoms with E-state index in [0.29, 0.717) is 18.0 Å². The van der Waals surface area contributed by atoms with Crippen molar-refractivity contribution in [3.8, 4) is 5.75 Å². The molecule has 0 aliphatic carbocycles. The predicted molar refractivity (Wildman–Crippen MR) is 87.9 cm³/mol. The quantitative estimate of drug-likeness (QED) is 0.806. The largest absolute Gasteiger partial charge is 0.494 e. The molecule has 0 bridgehead atoms. The fraction of sp³-hybridized carbons (Fsp3) is 0.176. The maximum Gasteiger partial charge on any atom is 0.340 e. The molecule has 2 aromatic rings. The first-order valence-corrected chi connectivity index (χ1v) is 7.52. The number of anilines is 1. The Bertz CT molecular complexity index is 734. The van der Waals surface area contributed by atoms with Gasteiger partial charge in [-0.2, -0.15) is 0 Å². The van der Waals surface area contributed by atoms with Gasteiger partial charge in [-0.15, -0.1) is 0 Å². The minimum atomic E-state index is -0.804. The third-order valence-corrected chi connectivity index (χ3v) is 3.25. The number of benzene rings is 2. The van der Waals surface area contributed by atoms with Crippen LogP contribution in [-0.4, -0.2) is 25.1 Å². The number of carbonyl (C=O) groups is 2. The van der Waals surface area contributed by atoms with Crippen LogP contribution >= 0.6 is 11.6 Å². The zero-order chi connectivity index (χ0) is 17.5. The molecular weight excluding hydrogens is 337 g/mol. The fourth-order valence-corrected chi connectivity index (χ4v) is 2.11. The summed E-state index contributed by atoms with van der Waals surface area (Å²) >= 11 is 5.76. The molecule has 24 heavy (non-hydrogen) atoms. The van der Waals surface area contributed by atoms with Gasteiger partial charge in [0.1, 0.15) is 11.6 Å². The standard InChI is InChI=1S/C17H15ClFNO4/c1-2-23-13-6-4-12(5-7-13)20-16(21)10-24-17(22)14-8-3-11(19)9-15(14)18/h3-9H,2,10H2,1H3,(H,20,21).